The summed E-state index contributed by atoms with van der Waals surface area (Å²) in [5, 5.41) is 4.00. The molecule has 20 heavy (non-hydrogen) atoms. The quantitative estimate of drug-likeness (QED) is 0.855. The van der Waals surface area contributed by atoms with E-state index in [1.807, 2.05) is 23.8 Å². The third-order valence-corrected chi connectivity index (χ3v) is 4.96. The molecule has 0 aliphatic heterocycles. The second-order valence-electron chi connectivity index (χ2n) is 4.16. The van der Waals surface area contributed by atoms with Crippen molar-refractivity contribution in [3.8, 4) is 5.75 Å². The first kappa shape index (κ1) is 15.0. The van der Waals surface area contributed by atoms with Crippen molar-refractivity contribution in [1.29, 1.82) is 0 Å². The van der Waals surface area contributed by atoms with Crippen LogP contribution in [0.4, 0.5) is 0 Å². The molecular weight excluding hydrogens is 294 g/mol. The zero-order valence-electron chi connectivity index (χ0n) is 11.2. The summed E-state index contributed by atoms with van der Waals surface area (Å²) in [6.45, 7) is 2.63. The SMILES string of the molecule is CCOc1ccccc1S(=O)(=O)NCCc1ccsc1. The van der Waals surface area contributed by atoms with Gasteiger partial charge in [-0.05, 0) is 47.9 Å². The van der Waals surface area contributed by atoms with Crippen LogP contribution in [0.2, 0.25) is 0 Å². The molecule has 0 amide bonds. The van der Waals surface area contributed by atoms with Gasteiger partial charge in [-0.25, -0.2) is 13.1 Å². The number of benzene rings is 1. The number of hydrogen-bond acceptors (Lipinski definition) is 4. The lowest BCUT2D eigenvalue weighted by Gasteiger charge is -2.11. The molecular formula is C14H17NO3S2. The maximum atomic E-state index is 12.3. The van der Waals surface area contributed by atoms with E-state index in [2.05, 4.69) is 4.72 Å². The van der Waals surface area contributed by atoms with E-state index in [9.17, 15) is 8.42 Å². The van der Waals surface area contributed by atoms with E-state index < -0.39 is 10.0 Å². The molecule has 0 atom stereocenters. The standard InChI is InChI=1S/C14H17NO3S2/c1-2-18-13-5-3-4-6-14(13)20(16,17)15-9-7-12-8-10-19-11-12/h3-6,8,10-11,15H,2,7,9H2,1H3. The van der Waals surface area contributed by atoms with Gasteiger partial charge in [0.2, 0.25) is 10.0 Å². The van der Waals surface area contributed by atoms with Crippen molar-refractivity contribution in [2.24, 2.45) is 0 Å². The Bertz CT molecular complexity index is 636. The normalized spacial score (nSPS) is 11.4. The number of para-hydroxylation sites is 1. The minimum absolute atomic E-state index is 0.187. The van der Waals surface area contributed by atoms with Crippen LogP contribution in [0.15, 0.2) is 46.0 Å². The van der Waals surface area contributed by atoms with Crippen molar-refractivity contribution >= 4 is 21.4 Å². The van der Waals surface area contributed by atoms with Gasteiger partial charge in [-0.1, -0.05) is 12.1 Å². The molecule has 0 aliphatic rings. The highest BCUT2D eigenvalue weighted by Crippen LogP contribution is 2.22. The van der Waals surface area contributed by atoms with Crippen LogP contribution in [-0.2, 0) is 16.4 Å². The predicted octanol–water partition coefficient (Wildman–Crippen LogP) is 2.67. The molecule has 2 rings (SSSR count). The van der Waals surface area contributed by atoms with Crippen molar-refractivity contribution in [2.45, 2.75) is 18.2 Å². The van der Waals surface area contributed by atoms with Gasteiger partial charge < -0.3 is 4.74 Å². The summed E-state index contributed by atoms with van der Waals surface area (Å²) in [6, 6.07) is 8.66. The lowest BCUT2D eigenvalue weighted by atomic mass is 10.2. The van der Waals surface area contributed by atoms with Gasteiger partial charge in [0.25, 0.3) is 0 Å². The van der Waals surface area contributed by atoms with E-state index in [-0.39, 0.29) is 4.90 Å². The lowest BCUT2D eigenvalue weighted by molar-refractivity contribution is 0.331. The Hall–Kier alpha value is -1.37. The Morgan fingerprint density at radius 3 is 2.75 bits per heavy atom. The number of thiophene rings is 1. The number of ether oxygens (including phenoxy) is 1. The summed E-state index contributed by atoms with van der Waals surface area (Å²) in [7, 11) is -3.54. The van der Waals surface area contributed by atoms with Gasteiger partial charge >= 0.3 is 0 Å². The smallest absolute Gasteiger partial charge is 0.244 e. The number of sulfonamides is 1. The van der Waals surface area contributed by atoms with Crippen LogP contribution in [0.25, 0.3) is 0 Å². The van der Waals surface area contributed by atoms with Crippen molar-refractivity contribution < 1.29 is 13.2 Å². The summed E-state index contributed by atoms with van der Waals surface area (Å²) in [6.07, 6.45) is 0.680. The summed E-state index contributed by atoms with van der Waals surface area (Å²) < 4.78 is 32.5. The van der Waals surface area contributed by atoms with E-state index in [1.165, 1.54) is 0 Å². The first-order valence-corrected chi connectivity index (χ1v) is 8.78. The van der Waals surface area contributed by atoms with Gasteiger partial charge in [0.1, 0.15) is 10.6 Å². The number of nitrogens with one attached hydrogen (secondary N) is 1. The fraction of sp³-hybridized carbons (Fsp3) is 0.286. The number of hydrogen-bond donors (Lipinski definition) is 1. The monoisotopic (exact) mass is 311 g/mol. The zero-order valence-corrected chi connectivity index (χ0v) is 12.8. The highest BCUT2D eigenvalue weighted by molar-refractivity contribution is 7.89. The topological polar surface area (TPSA) is 55.4 Å². The van der Waals surface area contributed by atoms with Crippen molar-refractivity contribution in [1.82, 2.24) is 4.72 Å². The first-order valence-electron chi connectivity index (χ1n) is 6.36. The Kier molecular flexibility index (Phi) is 5.17. The summed E-state index contributed by atoms with van der Waals surface area (Å²) in [5.74, 6) is 0.387. The second kappa shape index (κ2) is 6.88. The van der Waals surface area contributed by atoms with E-state index in [0.29, 0.717) is 25.3 Å². The van der Waals surface area contributed by atoms with E-state index in [1.54, 1.807) is 35.6 Å². The van der Waals surface area contributed by atoms with E-state index >= 15 is 0 Å². The minimum atomic E-state index is -3.54. The van der Waals surface area contributed by atoms with E-state index in [4.69, 9.17) is 4.74 Å². The molecule has 2 aromatic rings. The fourth-order valence-corrected chi connectivity index (χ4v) is 3.67. The van der Waals surface area contributed by atoms with Crippen LogP contribution in [0.5, 0.6) is 5.75 Å². The molecule has 0 spiro atoms. The van der Waals surface area contributed by atoms with Crippen LogP contribution in [-0.4, -0.2) is 21.6 Å². The van der Waals surface area contributed by atoms with Crippen LogP contribution in [0.1, 0.15) is 12.5 Å². The lowest BCUT2D eigenvalue weighted by Crippen LogP contribution is -2.26. The van der Waals surface area contributed by atoms with E-state index in [0.717, 1.165) is 5.56 Å². The Balaban J connectivity index is 2.06. The van der Waals surface area contributed by atoms with Gasteiger partial charge in [0.15, 0.2) is 0 Å². The highest BCUT2D eigenvalue weighted by atomic mass is 32.2. The summed E-state index contributed by atoms with van der Waals surface area (Å²) in [5.41, 5.74) is 1.13. The molecule has 0 saturated carbocycles. The molecule has 0 unspecified atom stereocenters. The van der Waals surface area contributed by atoms with Crippen molar-refractivity contribution in [3.63, 3.8) is 0 Å². The predicted molar refractivity (Wildman–Crippen MR) is 80.8 cm³/mol. The molecule has 0 radical (unpaired) electrons. The molecule has 1 aromatic carbocycles. The van der Waals surface area contributed by atoms with Gasteiger partial charge in [-0.2, -0.15) is 11.3 Å². The molecule has 108 valence electrons. The average molecular weight is 311 g/mol. The van der Waals surface area contributed by atoms with Gasteiger partial charge in [-0.15, -0.1) is 0 Å². The molecule has 0 fully saturated rings. The molecule has 0 bridgehead atoms. The Morgan fingerprint density at radius 1 is 1.25 bits per heavy atom. The molecule has 6 heteroatoms. The van der Waals surface area contributed by atoms with Gasteiger partial charge in [0, 0.05) is 6.54 Å². The van der Waals surface area contributed by atoms with Crippen LogP contribution in [0, 0.1) is 0 Å². The van der Waals surface area contributed by atoms with Crippen LogP contribution < -0.4 is 9.46 Å². The molecule has 1 aromatic heterocycles. The fourth-order valence-electron chi connectivity index (χ4n) is 1.79. The second-order valence-corrected chi connectivity index (χ2v) is 6.67. The molecule has 0 aliphatic carbocycles. The molecule has 0 saturated heterocycles. The number of rotatable bonds is 7. The zero-order chi connectivity index (χ0) is 14.4. The van der Waals surface area contributed by atoms with Crippen LogP contribution in [0.3, 0.4) is 0 Å². The summed E-state index contributed by atoms with van der Waals surface area (Å²) in [4.78, 5) is 0.187. The van der Waals surface area contributed by atoms with Crippen LogP contribution >= 0.6 is 11.3 Å². The van der Waals surface area contributed by atoms with Crippen molar-refractivity contribution in [3.05, 3.63) is 46.7 Å². The summed E-state index contributed by atoms with van der Waals surface area (Å²) >= 11 is 1.61. The minimum Gasteiger partial charge on any atom is -0.492 e. The molecule has 1 heterocycles. The maximum Gasteiger partial charge on any atom is 0.244 e. The van der Waals surface area contributed by atoms with Gasteiger partial charge in [0.05, 0.1) is 6.61 Å². The molecule has 4 nitrogen and oxygen atoms in total. The van der Waals surface area contributed by atoms with Gasteiger partial charge in [-0.3, -0.25) is 0 Å². The largest absolute Gasteiger partial charge is 0.492 e. The maximum absolute atomic E-state index is 12.3. The average Bonchev–Trinajstić information content (AvgIpc) is 2.92. The Morgan fingerprint density at radius 2 is 2.05 bits per heavy atom. The first-order chi connectivity index (χ1) is 9.63. The third kappa shape index (κ3) is 3.82. The highest BCUT2D eigenvalue weighted by Gasteiger charge is 2.18. The third-order valence-electron chi connectivity index (χ3n) is 2.72. The van der Waals surface area contributed by atoms with Crippen molar-refractivity contribution in [2.75, 3.05) is 13.2 Å². The molecule has 1 N–H and O–H groups in total. The Labute approximate surface area is 123 Å².